The van der Waals surface area contributed by atoms with E-state index in [1.807, 2.05) is 0 Å². The minimum atomic E-state index is -4.29. The van der Waals surface area contributed by atoms with Gasteiger partial charge in [0.2, 0.25) is 0 Å². The minimum Gasteiger partial charge on any atom is -0.489 e. The molecular formula is C23H29N3O9S. The summed E-state index contributed by atoms with van der Waals surface area (Å²) >= 11 is 0. The van der Waals surface area contributed by atoms with E-state index in [0.29, 0.717) is 69.0 Å². The van der Waals surface area contributed by atoms with Crippen LogP contribution in [0.25, 0.3) is 0 Å². The molecule has 196 valence electrons. The van der Waals surface area contributed by atoms with Gasteiger partial charge in [0.25, 0.3) is 10.1 Å². The van der Waals surface area contributed by atoms with Gasteiger partial charge in [-0.3, -0.25) is 9.35 Å². The largest absolute Gasteiger partial charge is 0.489 e. The molecule has 13 heteroatoms. The number of hydrogen-bond acceptors (Lipinski definition) is 11. The molecule has 0 aliphatic carbocycles. The van der Waals surface area contributed by atoms with Crippen LogP contribution in [0.15, 0.2) is 57.6 Å². The number of ether oxygens (including phenoxy) is 5. The first-order valence-electron chi connectivity index (χ1n) is 11.2. The third kappa shape index (κ3) is 8.84. The topological polar surface area (TPSA) is 146 Å². The van der Waals surface area contributed by atoms with Crippen molar-refractivity contribution < 1.29 is 41.4 Å². The third-order valence-corrected chi connectivity index (χ3v) is 5.85. The summed E-state index contributed by atoms with van der Waals surface area (Å²) in [7, 11) is -2.96. The lowest BCUT2D eigenvalue weighted by Gasteiger charge is -2.26. The van der Waals surface area contributed by atoms with Crippen molar-refractivity contribution in [3.8, 4) is 5.75 Å². The van der Waals surface area contributed by atoms with E-state index in [4.69, 9.17) is 28.2 Å². The van der Waals surface area contributed by atoms with E-state index in [9.17, 15) is 13.2 Å². The van der Waals surface area contributed by atoms with Crippen molar-refractivity contribution in [3.05, 3.63) is 42.5 Å². The van der Waals surface area contributed by atoms with Gasteiger partial charge >= 0.3 is 5.97 Å². The Bertz CT molecular complexity index is 1120. The van der Waals surface area contributed by atoms with E-state index in [2.05, 4.69) is 10.2 Å². The van der Waals surface area contributed by atoms with Gasteiger partial charge in [-0.1, -0.05) is 0 Å². The van der Waals surface area contributed by atoms with Crippen LogP contribution in [0.4, 0.5) is 17.1 Å². The van der Waals surface area contributed by atoms with E-state index >= 15 is 0 Å². The maximum absolute atomic E-state index is 12.1. The predicted octanol–water partition coefficient (Wildman–Crippen LogP) is 2.77. The molecule has 0 bridgehead atoms. The highest BCUT2D eigenvalue weighted by Gasteiger charge is 2.18. The number of fused-ring (bicyclic) bond motifs is 1. The van der Waals surface area contributed by atoms with Crippen molar-refractivity contribution in [1.29, 1.82) is 0 Å². The molecule has 0 saturated carbocycles. The van der Waals surface area contributed by atoms with Crippen LogP contribution in [-0.4, -0.2) is 85.4 Å². The van der Waals surface area contributed by atoms with Gasteiger partial charge in [0.05, 0.1) is 68.7 Å². The van der Waals surface area contributed by atoms with Gasteiger partial charge < -0.3 is 28.6 Å². The Balaban J connectivity index is 1.84. The monoisotopic (exact) mass is 523 g/mol. The summed E-state index contributed by atoms with van der Waals surface area (Å²) in [6, 6.07) is 10.5. The number of anilines is 1. The molecule has 0 saturated heterocycles. The van der Waals surface area contributed by atoms with Crippen molar-refractivity contribution >= 4 is 33.1 Å². The number of carbonyl (C=O) groups is 1. The molecule has 0 unspecified atom stereocenters. The van der Waals surface area contributed by atoms with E-state index in [-0.39, 0.29) is 18.0 Å². The van der Waals surface area contributed by atoms with Crippen LogP contribution in [0.2, 0.25) is 0 Å². The van der Waals surface area contributed by atoms with Gasteiger partial charge in [-0.2, -0.15) is 18.6 Å². The zero-order valence-corrected chi connectivity index (χ0v) is 20.7. The smallest absolute Gasteiger partial charge is 0.325 e. The molecule has 1 aliphatic rings. The second-order valence-electron chi connectivity index (χ2n) is 7.50. The van der Waals surface area contributed by atoms with Crippen LogP contribution < -0.4 is 9.64 Å². The summed E-state index contributed by atoms with van der Waals surface area (Å²) in [6.07, 6.45) is 0. The quantitative estimate of drug-likeness (QED) is 0.353. The van der Waals surface area contributed by atoms with Crippen LogP contribution in [0.5, 0.6) is 5.75 Å². The number of benzene rings is 2. The molecular weight excluding hydrogens is 494 g/mol. The highest BCUT2D eigenvalue weighted by molar-refractivity contribution is 7.85. The Morgan fingerprint density at radius 3 is 2.14 bits per heavy atom. The van der Waals surface area contributed by atoms with Crippen molar-refractivity contribution in [2.45, 2.75) is 4.90 Å². The Hall–Kier alpha value is -3.10. The van der Waals surface area contributed by atoms with Gasteiger partial charge in [0.1, 0.15) is 18.9 Å². The average molecular weight is 524 g/mol. The first kappa shape index (κ1) is 27.5. The van der Waals surface area contributed by atoms with Crippen molar-refractivity contribution in [2.24, 2.45) is 10.2 Å². The van der Waals surface area contributed by atoms with Crippen LogP contribution in [-0.2, 0) is 33.9 Å². The standard InChI is InChI=1S/C23H29N3O9S/c1-31-23(27)17-26-8-9-32-10-11-33-12-13-34-14-15-35-22-16-19(4-7-21(22)26)25-24-18-2-5-20(6-3-18)36(28,29)30/h2-7,16H,8-15,17H2,1H3,(H,28,29,30)/b25-24+. The molecule has 0 amide bonds. The number of rotatable bonds is 5. The first-order valence-corrected chi connectivity index (χ1v) is 12.6. The first-order chi connectivity index (χ1) is 17.4. The third-order valence-electron chi connectivity index (χ3n) is 4.98. The second kappa shape index (κ2) is 13.8. The highest BCUT2D eigenvalue weighted by atomic mass is 32.2. The van der Waals surface area contributed by atoms with E-state index in [1.165, 1.54) is 31.4 Å². The molecule has 0 spiro atoms. The lowest BCUT2D eigenvalue weighted by atomic mass is 10.2. The Morgan fingerprint density at radius 2 is 1.50 bits per heavy atom. The molecule has 0 atom stereocenters. The van der Waals surface area contributed by atoms with Gasteiger partial charge in [0.15, 0.2) is 0 Å². The van der Waals surface area contributed by atoms with Gasteiger partial charge in [-0.05, 0) is 36.4 Å². The Morgan fingerprint density at radius 1 is 0.917 bits per heavy atom. The fourth-order valence-electron chi connectivity index (χ4n) is 3.17. The van der Waals surface area contributed by atoms with Crippen LogP contribution >= 0.6 is 0 Å². The fourth-order valence-corrected chi connectivity index (χ4v) is 3.65. The predicted molar refractivity (Wildman–Crippen MR) is 129 cm³/mol. The summed E-state index contributed by atoms with van der Waals surface area (Å²) in [4.78, 5) is 13.6. The number of hydrogen-bond donors (Lipinski definition) is 1. The molecule has 1 aliphatic heterocycles. The average Bonchev–Trinajstić information content (AvgIpc) is 2.87. The molecule has 36 heavy (non-hydrogen) atoms. The van der Waals surface area contributed by atoms with Gasteiger partial charge in [-0.15, -0.1) is 0 Å². The minimum absolute atomic E-state index is 0.00972. The molecule has 3 rings (SSSR count). The number of methoxy groups -OCH3 is 1. The van der Waals surface area contributed by atoms with Crippen LogP contribution in [0.1, 0.15) is 0 Å². The second-order valence-corrected chi connectivity index (χ2v) is 8.93. The maximum Gasteiger partial charge on any atom is 0.325 e. The highest BCUT2D eigenvalue weighted by Crippen LogP contribution is 2.33. The summed E-state index contributed by atoms with van der Waals surface area (Å²) in [5, 5.41) is 8.31. The van der Waals surface area contributed by atoms with Gasteiger partial charge in [0, 0.05) is 12.6 Å². The molecule has 1 heterocycles. The van der Waals surface area contributed by atoms with Crippen LogP contribution in [0.3, 0.4) is 0 Å². The number of azo groups is 1. The lowest BCUT2D eigenvalue weighted by Crippen LogP contribution is -2.34. The normalized spacial score (nSPS) is 16.4. The zero-order valence-electron chi connectivity index (χ0n) is 19.9. The number of carbonyl (C=O) groups excluding carboxylic acids is 1. The van der Waals surface area contributed by atoms with Crippen molar-refractivity contribution in [1.82, 2.24) is 0 Å². The van der Waals surface area contributed by atoms with E-state index in [0.717, 1.165) is 0 Å². The molecule has 0 fully saturated rings. The number of nitrogens with zero attached hydrogens (tertiary/aromatic N) is 3. The lowest BCUT2D eigenvalue weighted by molar-refractivity contribution is -0.139. The molecule has 2 aromatic carbocycles. The summed E-state index contributed by atoms with van der Waals surface area (Å²) < 4.78 is 58.9. The van der Waals surface area contributed by atoms with Crippen molar-refractivity contribution in [3.63, 3.8) is 0 Å². The molecule has 1 N–H and O–H groups in total. The summed E-state index contributed by atoms with van der Waals surface area (Å²) in [6.45, 7) is 3.08. The fraction of sp³-hybridized carbons (Fsp3) is 0.435. The number of esters is 1. The summed E-state index contributed by atoms with van der Waals surface area (Å²) in [5.74, 6) is 0.0504. The molecule has 2 aromatic rings. The van der Waals surface area contributed by atoms with E-state index < -0.39 is 16.1 Å². The Labute approximate surface area is 209 Å². The van der Waals surface area contributed by atoms with Gasteiger partial charge in [-0.25, -0.2) is 0 Å². The molecule has 0 radical (unpaired) electrons. The molecule has 12 nitrogen and oxygen atoms in total. The molecule has 0 aromatic heterocycles. The Kier molecular flexibility index (Phi) is 10.6. The zero-order chi connectivity index (χ0) is 25.8. The maximum atomic E-state index is 12.1. The SMILES string of the molecule is COC(=O)CN1CCOCCOCCOCCOc2cc(/N=N/c3ccc(S(=O)(=O)O)cc3)ccc21. The van der Waals surface area contributed by atoms with E-state index in [1.54, 1.807) is 23.1 Å². The van der Waals surface area contributed by atoms with Crippen molar-refractivity contribution in [2.75, 3.05) is 71.3 Å². The summed E-state index contributed by atoms with van der Waals surface area (Å²) in [5.41, 5.74) is 1.50. The van der Waals surface area contributed by atoms with Crippen LogP contribution in [0, 0.1) is 0 Å².